The number of carbonyl (C=O) groups excluding carboxylic acids is 4. The zero-order valence-electron chi connectivity index (χ0n) is 21.5. The Balaban J connectivity index is 1.31. The van der Waals surface area contributed by atoms with Crippen LogP contribution in [0.15, 0.2) is 54.6 Å². The second-order valence-electron chi connectivity index (χ2n) is 10.1. The van der Waals surface area contributed by atoms with Gasteiger partial charge in [-0.3, -0.25) is 24.7 Å². The predicted molar refractivity (Wildman–Crippen MR) is 142 cm³/mol. The third-order valence-electron chi connectivity index (χ3n) is 7.50. The lowest BCUT2D eigenvalue weighted by Gasteiger charge is -2.37. The first-order chi connectivity index (χ1) is 18.3. The average Bonchev–Trinajstić information content (AvgIpc) is 3.24. The van der Waals surface area contributed by atoms with Gasteiger partial charge in [0.25, 0.3) is 11.8 Å². The monoisotopic (exact) mass is 513 g/mol. The van der Waals surface area contributed by atoms with Gasteiger partial charge in [0.05, 0.1) is 11.6 Å². The molecule has 2 unspecified atom stereocenters. The number of para-hydroxylation sites is 1. The smallest absolute Gasteiger partial charge is 0.322 e. The molecule has 0 radical (unpaired) electrons. The summed E-state index contributed by atoms with van der Waals surface area (Å²) in [6.45, 7) is 4.61. The lowest BCUT2D eigenvalue weighted by molar-refractivity contribution is -0.130. The van der Waals surface area contributed by atoms with Gasteiger partial charge < -0.3 is 15.5 Å². The molecule has 5 rings (SSSR count). The molecule has 196 valence electrons. The van der Waals surface area contributed by atoms with Crippen LogP contribution in [0.4, 0.5) is 4.79 Å². The third-order valence-corrected chi connectivity index (χ3v) is 7.50. The molecule has 3 heterocycles. The fourth-order valence-corrected chi connectivity index (χ4v) is 5.50. The quantitative estimate of drug-likeness (QED) is 0.438. The molecule has 1 aromatic heterocycles. The van der Waals surface area contributed by atoms with Gasteiger partial charge in [-0.2, -0.15) is 0 Å². The Hall–Kier alpha value is -4.27. The van der Waals surface area contributed by atoms with E-state index in [1.807, 2.05) is 37.3 Å². The zero-order valence-corrected chi connectivity index (χ0v) is 21.5. The van der Waals surface area contributed by atoms with Crippen molar-refractivity contribution in [3.05, 3.63) is 77.0 Å². The van der Waals surface area contributed by atoms with E-state index in [9.17, 15) is 19.2 Å². The highest BCUT2D eigenvalue weighted by Crippen LogP contribution is 2.25. The standard InChI is InChI=1S/C29H31N5O4/c1-17-15-22(23-5-3-4-6-24(23)30-17)16-19-7-9-21(10-8-19)27(36)31-25(26-28(37)33-29(38)32-26)20-11-13-34(14-12-20)18(2)35/h3-10,15,20,25-26H,11-14,16H2,1-2H3,(H,31,36)(H2,32,33,37,38). The van der Waals surface area contributed by atoms with Gasteiger partial charge in [0.1, 0.15) is 6.04 Å². The van der Waals surface area contributed by atoms with E-state index in [2.05, 4.69) is 33.1 Å². The number of aryl methyl sites for hydroxylation is 1. The maximum absolute atomic E-state index is 13.3. The molecule has 3 aromatic rings. The summed E-state index contributed by atoms with van der Waals surface area (Å²) in [5.41, 5.74) is 4.62. The van der Waals surface area contributed by atoms with E-state index in [0.29, 0.717) is 37.9 Å². The minimum Gasteiger partial charge on any atom is -0.346 e. The Bertz CT molecular complexity index is 1400. The number of imide groups is 1. The predicted octanol–water partition coefficient (Wildman–Crippen LogP) is 2.70. The second kappa shape index (κ2) is 10.6. The largest absolute Gasteiger partial charge is 0.346 e. The third kappa shape index (κ3) is 5.37. The Morgan fingerprint density at radius 2 is 1.79 bits per heavy atom. The van der Waals surface area contributed by atoms with E-state index >= 15 is 0 Å². The van der Waals surface area contributed by atoms with Crippen molar-refractivity contribution in [3.63, 3.8) is 0 Å². The van der Waals surface area contributed by atoms with Crippen molar-refractivity contribution < 1.29 is 19.2 Å². The summed E-state index contributed by atoms with van der Waals surface area (Å²) >= 11 is 0. The summed E-state index contributed by atoms with van der Waals surface area (Å²) in [6.07, 6.45) is 1.96. The van der Waals surface area contributed by atoms with Crippen molar-refractivity contribution >= 4 is 34.7 Å². The number of nitrogens with one attached hydrogen (secondary N) is 3. The number of rotatable bonds is 6. The molecule has 2 aromatic carbocycles. The van der Waals surface area contributed by atoms with E-state index in [0.717, 1.165) is 22.2 Å². The molecule has 5 amide bonds. The highest BCUT2D eigenvalue weighted by Gasteiger charge is 2.42. The molecule has 2 fully saturated rings. The van der Waals surface area contributed by atoms with E-state index < -0.39 is 24.0 Å². The fraction of sp³-hybridized carbons (Fsp3) is 0.345. The molecule has 2 aliphatic heterocycles. The fourth-order valence-electron chi connectivity index (χ4n) is 5.50. The number of pyridine rings is 1. The first kappa shape index (κ1) is 25.4. The topological polar surface area (TPSA) is 120 Å². The number of piperidine rings is 1. The summed E-state index contributed by atoms with van der Waals surface area (Å²) in [5, 5.41) is 9.03. The Labute approximate surface area is 221 Å². The number of aromatic nitrogens is 1. The molecule has 9 heteroatoms. The maximum Gasteiger partial charge on any atom is 0.322 e. The molecule has 2 saturated heterocycles. The van der Waals surface area contributed by atoms with Crippen molar-refractivity contribution in [3.8, 4) is 0 Å². The number of benzene rings is 2. The lowest BCUT2D eigenvalue weighted by Crippen LogP contribution is -2.56. The Morgan fingerprint density at radius 3 is 2.45 bits per heavy atom. The average molecular weight is 514 g/mol. The van der Waals surface area contributed by atoms with Crippen molar-refractivity contribution in [2.24, 2.45) is 5.92 Å². The summed E-state index contributed by atoms with van der Waals surface area (Å²) in [7, 11) is 0. The van der Waals surface area contributed by atoms with Gasteiger partial charge in [-0.1, -0.05) is 30.3 Å². The molecule has 0 bridgehead atoms. The van der Waals surface area contributed by atoms with Crippen molar-refractivity contribution in [1.82, 2.24) is 25.8 Å². The van der Waals surface area contributed by atoms with Gasteiger partial charge in [-0.05, 0) is 67.5 Å². The van der Waals surface area contributed by atoms with Crippen LogP contribution in [0.2, 0.25) is 0 Å². The van der Waals surface area contributed by atoms with Crippen LogP contribution in [0.1, 0.15) is 46.9 Å². The van der Waals surface area contributed by atoms with Crippen molar-refractivity contribution in [2.75, 3.05) is 13.1 Å². The summed E-state index contributed by atoms with van der Waals surface area (Å²) in [6, 6.07) is 15.6. The SMILES string of the molecule is CC(=O)N1CCC(C(NC(=O)c2ccc(Cc3cc(C)nc4ccccc34)cc2)C2NC(=O)NC2=O)CC1. The number of carbonyl (C=O) groups is 4. The second-order valence-corrected chi connectivity index (χ2v) is 10.1. The number of fused-ring (bicyclic) bond motifs is 1. The molecular formula is C29H31N5O4. The van der Waals surface area contributed by atoms with Crippen LogP contribution in [0.25, 0.3) is 10.9 Å². The lowest BCUT2D eigenvalue weighted by atomic mass is 9.85. The number of nitrogens with zero attached hydrogens (tertiary/aromatic N) is 2. The van der Waals surface area contributed by atoms with Gasteiger partial charge in [0.2, 0.25) is 5.91 Å². The minimum absolute atomic E-state index is 0.00552. The van der Waals surface area contributed by atoms with E-state index in [4.69, 9.17) is 0 Å². The van der Waals surface area contributed by atoms with Crippen LogP contribution in [0.3, 0.4) is 0 Å². The van der Waals surface area contributed by atoms with Crippen LogP contribution in [-0.4, -0.2) is 58.8 Å². The van der Waals surface area contributed by atoms with Gasteiger partial charge in [0, 0.05) is 36.7 Å². The Morgan fingerprint density at radius 1 is 1.08 bits per heavy atom. The maximum atomic E-state index is 13.3. The van der Waals surface area contributed by atoms with E-state index in [1.165, 1.54) is 12.5 Å². The van der Waals surface area contributed by atoms with Crippen LogP contribution in [-0.2, 0) is 16.0 Å². The molecule has 9 nitrogen and oxygen atoms in total. The molecule has 38 heavy (non-hydrogen) atoms. The molecule has 0 spiro atoms. The number of hydrogen-bond acceptors (Lipinski definition) is 5. The molecule has 2 aliphatic rings. The molecule has 3 N–H and O–H groups in total. The molecule has 0 aliphatic carbocycles. The van der Waals surface area contributed by atoms with Crippen LogP contribution in [0, 0.1) is 12.8 Å². The Kier molecular flexibility index (Phi) is 7.09. The summed E-state index contributed by atoms with van der Waals surface area (Å²) in [4.78, 5) is 55.7. The van der Waals surface area contributed by atoms with Gasteiger partial charge in [-0.15, -0.1) is 0 Å². The normalized spacial score (nSPS) is 18.7. The van der Waals surface area contributed by atoms with Gasteiger partial charge in [-0.25, -0.2) is 4.79 Å². The molecule has 2 atom stereocenters. The first-order valence-electron chi connectivity index (χ1n) is 12.9. The van der Waals surface area contributed by atoms with E-state index in [-0.39, 0.29) is 17.7 Å². The number of likely N-dealkylation sites (tertiary alicyclic amines) is 1. The van der Waals surface area contributed by atoms with Crippen LogP contribution < -0.4 is 16.0 Å². The zero-order chi connectivity index (χ0) is 26.8. The van der Waals surface area contributed by atoms with Gasteiger partial charge >= 0.3 is 6.03 Å². The number of urea groups is 1. The molecule has 0 saturated carbocycles. The summed E-state index contributed by atoms with van der Waals surface area (Å²) < 4.78 is 0. The van der Waals surface area contributed by atoms with Crippen molar-refractivity contribution in [2.45, 2.75) is 45.2 Å². The number of hydrogen-bond donors (Lipinski definition) is 3. The van der Waals surface area contributed by atoms with Crippen LogP contribution in [0.5, 0.6) is 0 Å². The van der Waals surface area contributed by atoms with Crippen molar-refractivity contribution in [1.29, 1.82) is 0 Å². The minimum atomic E-state index is -0.859. The van der Waals surface area contributed by atoms with E-state index in [1.54, 1.807) is 17.0 Å². The molecular weight excluding hydrogens is 482 g/mol. The van der Waals surface area contributed by atoms with Gasteiger partial charge in [0.15, 0.2) is 0 Å². The first-order valence-corrected chi connectivity index (χ1v) is 12.9. The summed E-state index contributed by atoms with van der Waals surface area (Å²) in [5.74, 6) is -0.823. The van der Waals surface area contributed by atoms with Crippen LogP contribution >= 0.6 is 0 Å². The highest BCUT2D eigenvalue weighted by atomic mass is 16.2. The number of amides is 5. The highest BCUT2D eigenvalue weighted by molar-refractivity contribution is 6.05.